The predicted octanol–water partition coefficient (Wildman–Crippen LogP) is 12.7. The number of furan rings is 1. The van der Waals surface area contributed by atoms with Crippen LogP contribution < -0.4 is 4.90 Å². The molecule has 0 aliphatic rings. The van der Waals surface area contributed by atoms with Gasteiger partial charge in [0.05, 0.1) is 26.9 Å². The van der Waals surface area contributed by atoms with E-state index in [1.807, 2.05) is 12.1 Å². The summed E-state index contributed by atoms with van der Waals surface area (Å²) in [5.74, 6) is 0. The van der Waals surface area contributed by atoms with Crippen LogP contribution in [0, 0.1) is 0 Å². The third-order valence-corrected chi connectivity index (χ3v) is 9.80. The minimum atomic E-state index is 0.842. The molecule has 0 saturated heterocycles. The number of para-hydroxylation sites is 2. The molecular weight excluding hydrogens is 593 g/mol. The molecule has 9 rings (SSSR count). The minimum absolute atomic E-state index is 0.842. The molecular formula is C43H28N2OS. The van der Waals surface area contributed by atoms with Crippen molar-refractivity contribution >= 4 is 60.6 Å². The quantitative estimate of drug-likeness (QED) is 0.185. The van der Waals surface area contributed by atoms with E-state index in [1.165, 1.54) is 22.3 Å². The fraction of sp³-hybridized carbons (Fsp3) is 0. The number of aromatic nitrogens is 1. The third kappa shape index (κ3) is 4.87. The lowest BCUT2D eigenvalue weighted by atomic mass is 10.0. The van der Waals surface area contributed by atoms with E-state index in [2.05, 4.69) is 163 Å². The Morgan fingerprint density at radius 2 is 1.04 bits per heavy atom. The van der Waals surface area contributed by atoms with E-state index < -0.39 is 0 Å². The van der Waals surface area contributed by atoms with Crippen LogP contribution in [0.2, 0.25) is 0 Å². The van der Waals surface area contributed by atoms with Crippen LogP contribution in [0.15, 0.2) is 174 Å². The average molecular weight is 621 g/mol. The monoisotopic (exact) mass is 620 g/mol. The predicted molar refractivity (Wildman–Crippen MR) is 198 cm³/mol. The Labute approximate surface area is 276 Å². The molecule has 0 aliphatic carbocycles. The Morgan fingerprint density at radius 3 is 1.68 bits per heavy atom. The Hall–Kier alpha value is -5.97. The van der Waals surface area contributed by atoms with Crippen molar-refractivity contribution in [2.75, 3.05) is 4.90 Å². The number of thiazole rings is 1. The fourth-order valence-corrected chi connectivity index (χ4v) is 7.44. The second-order valence-corrected chi connectivity index (χ2v) is 12.6. The standard InChI is InChI=1S/C43H28N2OS/c1-3-11-29(12-4-1)31-19-23-33(24-20-31)45(34-25-21-32(22-26-34)30-13-5-2-6-14-30)38-28-27-36(43-44-37-16-8-10-18-40(37)47-43)42-41(38)35-15-7-9-17-39(35)46-42/h1-28H. The summed E-state index contributed by atoms with van der Waals surface area (Å²) >= 11 is 1.70. The summed E-state index contributed by atoms with van der Waals surface area (Å²) in [7, 11) is 0. The van der Waals surface area contributed by atoms with Crippen molar-refractivity contribution in [3.05, 3.63) is 170 Å². The smallest absolute Gasteiger partial charge is 0.147 e. The van der Waals surface area contributed by atoms with E-state index in [9.17, 15) is 0 Å². The van der Waals surface area contributed by atoms with E-state index in [0.717, 1.165) is 59.8 Å². The molecule has 0 unspecified atom stereocenters. The normalized spacial score (nSPS) is 11.4. The lowest BCUT2D eigenvalue weighted by molar-refractivity contribution is 0.670. The van der Waals surface area contributed by atoms with Crippen LogP contribution in [0.1, 0.15) is 0 Å². The average Bonchev–Trinajstić information content (AvgIpc) is 3.76. The van der Waals surface area contributed by atoms with Crippen molar-refractivity contribution in [2.45, 2.75) is 0 Å². The van der Waals surface area contributed by atoms with E-state index in [0.29, 0.717) is 0 Å². The first-order valence-electron chi connectivity index (χ1n) is 15.7. The molecule has 222 valence electrons. The van der Waals surface area contributed by atoms with Crippen molar-refractivity contribution in [1.82, 2.24) is 4.98 Å². The lowest BCUT2D eigenvalue weighted by Gasteiger charge is -2.27. The zero-order chi connectivity index (χ0) is 31.2. The van der Waals surface area contributed by atoms with Gasteiger partial charge in [-0.1, -0.05) is 115 Å². The molecule has 0 bridgehead atoms. The summed E-state index contributed by atoms with van der Waals surface area (Å²) in [6, 6.07) is 59.7. The number of benzene rings is 7. The molecule has 2 heterocycles. The number of rotatable bonds is 6. The van der Waals surface area contributed by atoms with Gasteiger partial charge in [-0.2, -0.15) is 0 Å². The van der Waals surface area contributed by atoms with E-state index in [-0.39, 0.29) is 0 Å². The SMILES string of the molecule is c1ccc(-c2ccc(N(c3ccc(-c4ccccc4)cc3)c3ccc(-c4nc5ccccc5s4)c4oc5ccccc5c34)cc2)cc1. The van der Waals surface area contributed by atoms with Crippen LogP contribution in [0.25, 0.3) is 65.0 Å². The Morgan fingerprint density at radius 1 is 0.489 bits per heavy atom. The molecule has 0 N–H and O–H groups in total. The van der Waals surface area contributed by atoms with Gasteiger partial charge >= 0.3 is 0 Å². The van der Waals surface area contributed by atoms with Gasteiger partial charge in [0.15, 0.2) is 0 Å². The van der Waals surface area contributed by atoms with Gasteiger partial charge in [-0.15, -0.1) is 11.3 Å². The molecule has 0 amide bonds. The van der Waals surface area contributed by atoms with Crippen molar-refractivity contribution < 1.29 is 4.42 Å². The van der Waals surface area contributed by atoms with Crippen LogP contribution >= 0.6 is 11.3 Å². The molecule has 0 saturated carbocycles. The highest BCUT2D eigenvalue weighted by atomic mass is 32.1. The summed E-state index contributed by atoms with van der Waals surface area (Å²) in [4.78, 5) is 7.36. The summed E-state index contributed by atoms with van der Waals surface area (Å²) in [6.45, 7) is 0. The maximum atomic E-state index is 6.69. The van der Waals surface area contributed by atoms with E-state index >= 15 is 0 Å². The van der Waals surface area contributed by atoms with Gasteiger partial charge in [0.1, 0.15) is 16.2 Å². The Balaban J connectivity index is 1.26. The molecule has 2 aromatic heterocycles. The second kappa shape index (κ2) is 11.4. The maximum Gasteiger partial charge on any atom is 0.147 e. The van der Waals surface area contributed by atoms with Crippen LogP contribution in [-0.2, 0) is 0 Å². The Bertz CT molecular complexity index is 2380. The highest BCUT2D eigenvalue weighted by Crippen LogP contribution is 2.47. The largest absolute Gasteiger partial charge is 0.455 e. The molecule has 3 nitrogen and oxygen atoms in total. The molecule has 0 atom stereocenters. The van der Waals surface area contributed by atoms with Gasteiger partial charge in [-0.3, -0.25) is 0 Å². The summed E-state index contributed by atoms with van der Waals surface area (Å²) in [5.41, 5.74) is 11.6. The van der Waals surface area contributed by atoms with E-state index in [1.54, 1.807) is 11.3 Å². The number of nitrogens with zero attached hydrogens (tertiary/aromatic N) is 2. The highest BCUT2D eigenvalue weighted by molar-refractivity contribution is 7.21. The summed E-state index contributed by atoms with van der Waals surface area (Å²) in [6.07, 6.45) is 0. The number of hydrogen-bond acceptors (Lipinski definition) is 4. The summed E-state index contributed by atoms with van der Waals surface area (Å²) < 4.78 is 7.85. The van der Waals surface area contributed by atoms with Gasteiger partial charge in [0.25, 0.3) is 0 Å². The molecule has 7 aromatic carbocycles. The number of fused-ring (bicyclic) bond motifs is 4. The third-order valence-electron chi connectivity index (χ3n) is 8.73. The lowest BCUT2D eigenvalue weighted by Crippen LogP contribution is -2.10. The van der Waals surface area contributed by atoms with Gasteiger partial charge < -0.3 is 9.32 Å². The van der Waals surface area contributed by atoms with Gasteiger partial charge in [-0.05, 0) is 76.9 Å². The van der Waals surface area contributed by atoms with Gasteiger partial charge in [-0.25, -0.2) is 4.98 Å². The number of anilines is 3. The topological polar surface area (TPSA) is 29.3 Å². The molecule has 0 aliphatic heterocycles. The zero-order valence-electron chi connectivity index (χ0n) is 25.4. The fourth-order valence-electron chi connectivity index (χ4n) is 6.45. The summed E-state index contributed by atoms with van der Waals surface area (Å²) in [5, 5.41) is 3.09. The molecule has 0 radical (unpaired) electrons. The highest BCUT2D eigenvalue weighted by Gasteiger charge is 2.23. The first-order valence-corrected chi connectivity index (χ1v) is 16.5. The Kier molecular flexibility index (Phi) is 6.65. The van der Waals surface area contributed by atoms with Crippen LogP contribution in [0.5, 0.6) is 0 Å². The molecule has 0 spiro atoms. The van der Waals surface area contributed by atoms with Gasteiger partial charge in [0, 0.05) is 16.8 Å². The minimum Gasteiger partial charge on any atom is -0.455 e. The zero-order valence-corrected chi connectivity index (χ0v) is 26.2. The first-order chi connectivity index (χ1) is 23.3. The molecule has 47 heavy (non-hydrogen) atoms. The van der Waals surface area contributed by atoms with E-state index in [4.69, 9.17) is 9.40 Å². The molecule has 4 heteroatoms. The second-order valence-electron chi connectivity index (χ2n) is 11.6. The van der Waals surface area contributed by atoms with Crippen molar-refractivity contribution in [3.63, 3.8) is 0 Å². The van der Waals surface area contributed by atoms with Gasteiger partial charge in [0.2, 0.25) is 0 Å². The first kappa shape index (κ1) is 27.3. The van der Waals surface area contributed by atoms with Crippen LogP contribution in [-0.4, -0.2) is 4.98 Å². The van der Waals surface area contributed by atoms with Crippen molar-refractivity contribution in [1.29, 1.82) is 0 Å². The van der Waals surface area contributed by atoms with Crippen molar-refractivity contribution in [2.24, 2.45) is 0 Å². The van der Waals surface area contributed by atoms with Crippen LogP contribution in [0.4, 0.5) is 17.1 Å². The number of hydrogen-bond donors (Lipinski definition) is 0. The van der Waals surface area contributed by atoms with Crippen LogP contribution in [0.3, 0.4) is 0 Å². The molecule has 0 fully saturated rings. The molecule has 9 aromatic rings. The van der Waals surface area contributed by atoms with Crippen molar-refractivity contribution in [3.8, 4) is 32.8 Å². The maximum absolute atomic E-state index is 6.69.